The Morgan fingerprint density at radius 1 is 1.27 bits per heavy atom. The summed E-state index contributed by atoms with van der Waals surface area (Å²) in [5.74, 6) is 0.0511. The number of carboxylic acid groups (broad SMARTS) is 1. The Kier molecular flexibility index (Phi) is 5.33. The van der Waals surface area contributed by atoms with Crippen molar-refractivity contribution < 1.29 is 23.6 Å². The molecule has 0 unspecified atom stereocenters. The van der Waals surface area contributed by atoms with Crippen LogP contribution in [0.1, 0.15) is 58.8 Å². The molecule has 1 aliphatic heterocycles. The maximum atomic E-state index is 14.5. The van der Waals surface area contributed by atoms with Gasteiger partial charge in [-0.25, -0.2) is 14.2 Å². The number of halogens is 1. The fourth-order valence-corrected chi connectivity index (χ4v) is 7.04. The summed E-state index contributed by atoms with van der Waals surface area (Å²) in [5, 5.41) is 14.5. The quantitative estimate of drug-likeness (QED) is 0.313. The summed E-state index contributed by atoms with van der Waals surface area (Å²) in [6.07, 6.45) is 4.29. The maximum absolute atomic E-state index is 14.5. The van der Waals surface area contributed by atoms with E-state index in [0.29, 0.717) is 23.1 Å². The Hall–Kier alpha value is -3.30. The highest BCUT2D eigenvalue weighted by atomic mass is 32.1. The molecule has 3 heterocycles. The van der Waals surface area contributed by atoms with Gasteiger partial charge in [0.05, 0.1) is 23.0 Å². The van der Waals surface area contributed by atoms with Crippen molar-refractivity contribution in [1.29, 1.82) is 0 Å². The molecule has 0 spiro atoms. The summed E-state index contributed by atoms with van der Waals surface area (Å²) in [5.41, 5.74) is 4.40. The van der Waals surface area contributed by atoms with Crippen molar-refractivity contribution >= 4 is 32.7 Å². The van der Waals surface area contributed by atoms with Gasteiger partial charge in [0, 0.05) is 35.5 Å². The Labute approximate surface area is 216 Å². The zero-order valence-corrected chi connectivity index (χ0v) is 21.1. The molecule has 1 N–H and O–H groups in total. The molecule has 2 aromatic carbocycles. The summed E-state index contributed by atoms with van der Waals surface area (Å²) in [6.45, 7) is 3.37. The summed E-state index contributed by atoms with van der Waals surface area (Å²) in [7, 11) is 0. The second-order valence-corrected chi connectivity index (χ2v) is 11.5. The predicted octanol–water partition coefficient (Wildman–Crippen LogP) is 6.16. The first-order valence-corrected chi connectivity index (χ1v) is 13.5. The minimum atomic E-state index is -1.14. The average molecular weight is 520 g/mol. The van der Waals surface area contributed by atoms with Crippen molar-refractivity contribution in [3.8, 4) is 11.3 Å². The van der Waals surface area contributed by atoms with Gasteiger partial charge in [-0.3, -0.25) is 0 Å². The molecule has 0 amide bonds. The first kappa shape index (κ1) is 22.9. The Balaban J connectivity index is 1.08. The van der Waals surface area contributed by atoms with E-state index in [9.17, 15) is 14.3 Å². The molecule has 2 aromatic heterocycles. The zero-order chi connectivity index (χ0) is 25.3. The number of hydrogen-bond acceptors (Lipinski definition) is 7. The number of piperidine rings is 1. The van der Waals surface area contributed by atoms with E-state index in [1.165, 1.54) is 17.4 Å². The van der Waals surface area contributed by atoms with Crippen LogP contribution >= 0.6 is 11.3 Å². The third-order valence-electron chi connectivity index (χ3n) is 8.02. The molecular formula is C28H26FN3O4S. The molecular weight excluding hydrogens is 493 g/mol. The molecule has 2 bridgehead atoms. The SMILES string of the molecule is Cc1ccccc1-c1noc(C2CC2)c1CO[C@@H]1C[C@@H]2C[C@H]1CN2c1nc2c(F)cc(C(=O)O)cc2s1. The Bertz CT molecular complexity index is 1530. The lowest BCUT2D eigenvalue weighted by atomic mass is 10.0. The number of aromatic nitrogens is 2. The topological polar surface area (TPSA) is 88.7 Å². The van der Waals surface area contributed by atoms with Crippen LogP contribution in [0.4, 0.5) is 9.52 Å². The largest absolute Gasteiger partial charge is 0.478 e. The van der Waals surface area contributed by atoms with Gasteiger partial charge in [-0.15, -0.1) is 0 Å². The van der Waals surface area contributed by atoms with Gasteiger partial charge in [-0.2, -0.15) is 0 Å². The van der Waals surface area contributed by atoms with E-state index in [0.717, 1.165) is 71.6 Å². The maximum Gasteiger partial charge on any atom is 0.335 e. The zero-order valence-electron chi connectivity index (χ0n) is 20.3. The molecule has 9 heteroatoms. The lowest BCUT2D eigenvalue weighted by Crippen LogP contribution is -2.38. The van der Waals surface area contributed by atoms with Crippen LogP contribution < -0.4 is 4.90 Å². The van der Waals surface area contributed by atoms with Crippen molar-refractivity contribution in [3.05, 3.63) is 64.7 Å². The highest BCUT2D eigenvalue weighted by Crippen LogP contribution is 2.47. The molecule has 4 aromatic rings. The third kappa shape index (κ3) is 3.92. The molecule has 3 fully saturated rings. The van der Waals surface area contributed by atoms with Crippen LogP contribution in [0.2, 0.25) is 0 Å². The Morgan fingerprint density at radius 3 is 2.84 bits per heavy atom. The number of anilines is 1. The first-order valence-electron chi connectivity index (χ1n) is 12.7. The van der Waals surface area contributed by atoms with Crippen LogP contribution in [0.25, 0.3) is 21.5 Å². The number of hydrogen-bond donors (Lipinski definition) is 1. The van der Waals surface area contributed by atoms with Gasteiger partial charge >= 0.3 is 5.97 Å². The number of ether oxygens (including phenoxy) is 1. The molecule has 7 nitrogen and oxygen atoms in total. The molecule has 2 saturated carbocycles. The minimum absolute atomic E-state index is 0.0547. The molecule has 37 heavy (non-hydrogen) atoms. The molecule has 1 saturated heterocycles. The van der Waals surface area contributed by atoms with Crippen LogP contribution in [0.5, 0.6) is 0 Å². The van der Waals surface area contributed by atoms with E-state index in [-0.39, 0.29) is 23.2 Å². The average Bonchev–Trinajstić information content (AvgIpc) is 3.23. The fourth-order valence-electron chi connectivity index (χ4n) is 5.94. The number of benzene rings is 2. The molecule has 3 atom stereocenters. The van der Waals surface area contributed by atoms with Crippen molar-refractivity contribution in [3.63, 3.8) is 0 Å². The highest BCUT2D eigenvalue weighted by molar-refractivity contribution is 7.22. The summed E-state index contributed by atoms with van der Waals surface area (Å²) < 4.78 is 27.4. The Morgan fingerprint density at radius 2 is 2.11 bits per heavy atom. The van der Waals surface area contributed by atoms with Crippen LogP contribution in [0.3, 0.4) is 0 Å². The van der Waals surface area contributed by atoms with Gasteiger partial charge in [0.2, 0.25) is 0 Å². The van der Waals surface area contributed by atoms with E-state index in [4.69, 9.17) is 9.26 Å². The number of rotatable bonds is 7. The van der Waals surface area contributed by atoms with Crippen LogP contribution in [0, 0.1) is 18.7 Å². The number of carboxylic acids is 1. The number of aromatic carboxylic acids is 1. The molecule has 7 rings (SSSR count). The number of nitrogens with zero attached hydrogens (tertiary/aromatic N) is 3. The van der Waals surface area contributed by atoms with E-state index in [1.54, 1.807) is 0 Å². The van der Waals surface area contributed by atoms with Gasteiger partial charge in [0.1, 0.15) is 17.0 Å². The number of fused-ring (bicyclic) bond motifs is 3. The summed E-state index contributed by atoms with van der Waals surface area (Å²) in [6, 6.07) is 11.1. The van der Waals surface area contributed by atoms with Crippen LogP contribution in [-0.4, -0.2) is 39.9 Å². The summed E-state index contributed by atoms with van der Waals surface area (Å²) in [4.78, 5) is 18.1. The van der Waals surface area contributed by atoms with Crippen molar-refractivity contribution in [2.24, 2.45) is 5.92 Å². The van der Waals surface area contributed by atoms with E-state index >= 15 is 0 Å². The normalized spacial score (nSPS) is 22.9. The second-order valence-electron chi connectivity index (χ2n) is 10.5. The van der Waals surface area contributed by atoms with E-state index < -0.39 is 11.8 Å². The van der Waals surface area contributed by atoms with E-state index in [2.05, 4.69) is 34.1 Å². The molecule has 0 radical (unpaired) electrons. The van der Waals surface area contributed by atoms with Gasteiger partial charge < -0.3 is 19.3 Å². The monoisotopic (exact) mass is 519 g/mol. The van der Waals surface area contributed by atoms with Crippen LogP contribution in [-0.2, 0) is 11.3 Å². The van der Waals surface area contributed by atoms with Crippen LogP contribution in [0.15, 0.2) is 40.9 Å². The fraction of sp³-hybridized carbons (Fsp3) is 0.393. The number of aryl methyl sites for hydroxylation is 1. The molecule has 2 aliphatic carbocycles. The van der Waals surface area contributed by atoms with Crippen molar-refractivity contribution in [2.45, 2.75) is 57.3 Å². The minimum Gasteiger partial charge on any atom is -0.478 e. The smallest absolute Gasteiger partial charge is 0.335 e. The van der Waals surface area contributed by atoms with Gasteiger partial charge in [-0.05, 0) is 50.3 Å². The van der Waals surface area contributed by atoms with Gasteiger partial charge in [0.25, 0.3) is 0 Å². The molecule has 190 valence electrons. The third-order valence-corrected chi connectivity index (χ3v) is 9.05. The molecule has 3 aliphatic rings. The standard InChI is InChI=1S/C28H26FN3O4S/c1-14-4-2-3-5-19(14)24-20(26(36-31-24)15-6-7-15)13-35-22-11-18-8-17(22)12-32(18)28-30-25-21(29)9-16(27(33)34)10-23(25)37-28/h2-5,9-10,15,17-18,22H,6-8,11-13H2,1H3,(H,33,34)/t17-,18-,22+/m0/s1. The number of carbonyl (C=O) groups is 1. The predicted molar refractivity (Wildman–Crippen MR) is 138 cm³/mol. The second kappa shape index (κ2) is 8.63. The van der Waals surface area contributed by atoms with Crippen molar-refractivity contribution in [2.75, 3.05) is 11.4 Å². The van der Waals surface area contributed by atoms with E-state index in [1.807, 2.05) is 12.1 Å². The lowest BCUT2D eigenvalue weighted by Gasteiger charge is -2.31. The summed E-state index contributed by atoms with van der Waals surface area (Å²) >= 11 is 1.36. The first-order chi connectivity index (χ1) is 18.0. The van der Waals surface area contributed by atoms with Gasteiger partial charge in [0.15, 0.2) is 10.9 Å². The highest BCUT2D eigenvalue weighted by Gasteiger charge is 2.46. The lowest BCUT2D eigenvalue weighted by molar-refractivity contribution is 0.0122. The van der Waals surface area contributed by atoms with Gasteiger partial charge in [-0.1, -0.05) is 40.8 Å². The van der Waals surface area contributed by atoms with Crippen molar-refractivity contribution in [1.82, 2.24) is 10.1 Å². The number of thiazole rings is 1.